The molecule has 0 fully saturated rings. The Morgan fingerprint density at radius 3 is 1.75 bits per heavy atom. The number of halogens is 4. The number of aryl methyl sites for hydroxylation is 2. The van der Waals surface area contributed by atoms with Gasteiger partial charge in [-0.2, -0.15) is 0 Å². The SMILES string of the molecule is Cc1cc(C)cc([As]23(Cl)OC(C(F)(F)F)(c4ccccc42)c2ccccc23)c1. The van der Waals surface area contributed by atoms with Crippen LogP contribution in [0.25, 0.3) is 0 Å². The van der Waals surface area contributed by atoms with Crippen LogP contribution in [0, 0.1) is 13.8 Å². The molecule has 0 radical (unpaired) electrons. The van der Waals surface area contributed by atoms with Crippen LogP contribution in [0.4, 0.5) is 13.2 Å². The predicted molar refractivity (Wildman–Crippen MR) is 107 cm³/mol. The van der Waals surface area contributed by atoms with Crippen LogP contribution in [0.1, 0.15) is 22.3 Å². The molecule has 1 nitrogen and oxygen atoms in total. The molecule has 28 heavy (non-hydrogen) atoms. The minimum atomic E-state index is -4.99. The van der Waals surface area contributed by atoms with Gasteiger partial charge in [-0.25, -0.2) is 0 Å². The number of hydrogen-bond acceptors (Lipinski definition) is 1. The molecule has 0 unspecified atom stereocenters. The summed E-state index contributed by atoms with van der Waals surface area (Å²) in [6.07, 6.45) is -4.64. The summed E-state index contributed by atoms with van der Waals surface area (Å²) in [4.78, 5) is 0. The number of hydrogen-bond donors (Lipinski definition) is 0. The molecular formula is C22H17AsClF3O. The Labute approximate surface area is 166 Å². The maximum absolute atomic E-state index is 14.7. The zero-order chi connectivity index (χ0) is 20.0. The standard InChI is InChI=1S/C22H17AsClF3O/c1-14-11-15(2)13-16(12-14)23(24)19-9-5-3-7-17(19)21(28-23,22(25,26)27)18-8-4-6-10-20(18)23/h3-13H,1-2H3. The molecule has 3 aromatic rings. The summed E-state index contributed by atoms with van der Waals surface area (Å²) < 4.78 is 51.9. The van der Waals surface area contributed by atoms with E-state index in [2.05, 4.69) is 0 Å². The summed E-state index contributed by atoms with van der Waals surface area (Å²) in [5.74, 6) is 0. The molecule has 0 saturated heterocycles. The van der Waals surface area contributed by atoms with Gasteiger partial charge >= 0.3 is 166 Å². The van der Waals surface area contributed by atoms with Gasteiger partial charge in [-0.05, 0) is 0 Å². The molecule has 0 aliphatic carbocycles. The van der Waals surface area contributed by atoms with Gasteiger partial charge in [-0.15, -0.1) is 0 Å². The van der Waals surface area contributed by atoms with Gasteiger partial charge in [0, 0.05) is 0 Å². The minimum absolute atomic E-state index is 0.126. The van der Waals surface area contributed by atoms with Gasteiger partial charge in [0.1, 0.15) is 0 Å². The Hall–Kier alpha value is -1.74. The third-order valence-electron chi connectivity index (χ3n) is 5.80. The number of benzene rings is 3. The van der Waals surface area contributed by atoms with E-state index in [1.54, 1.807) is 36.4 Å². The molecule has 0 N–H and O–H groups in total. The van der Waals surface area contributed by atoms with Crippen molar-refractivity contribution in [1.29, 1.82) is 0 Å². The molecule has 2 aliphatic heterocycles. The van der Waals surface area contributed by atoms with Gasteiger partial charge < -0.3 is 0 Å². The first kappa shape index (κ1) is 18.3. The van der Waals surface area contributed by atoms with E-state index in [0.29, 0.717) is 13.1 Å². The van der Waals surface area contributed by atoms with Crippen LogP contribution in [0.3, 0.4) is 0 Å². The van der Waals surface area contributed by atoms with Crippen molar-refractivity contribution in [2.24, 2.45) is 0 Å². The van der Waals surface area contributed by atoms with E-state index in [-0.39, 0.29) is 11.1 Å². The number of fused-ring (bicyclic) bond motifs is 8. The first-order valence-electron chi connectivity index (χ1n) is 8.93. The number of rotatable bonds is 1. The summed E-state index contributed by atoms with van der Waals surface area (Å²) >= 11 is -4.99. The molecule has 2 heterocycles. The average Bonchev–Trinajstić information content (AvgIpc) is 3.06. The van der Waals surface area contributed by atoms with E-state index in [1.807, 2.05) is 32.0 Å². The topological polar surface area (TPSA) is 9.23 Å². The number of alkyl halides is 3. The van der Waals surface area contributed by atoms with Crippen LogP contribution in [0.2, 0.25) is 0 Å². The summed E-state index contributed by atoms with van der Waals surface area (Å²) in [6, 6.07) is 18.9. The Morgan fingerprint density at radius 2 is 1.29 bits per heavy atom. The molecular weight excluding hydrogens is 448 g/mol. The van der Waals surface area contributed by atoms with Gasteiger partial charge in [-0.3, -0.25) is 0 Å². The van der Waals surface area contributed by atoms with Gasteiger partial charge in [-0.1, -0.05) is 0 Å². The molecule has 0 spiro atoms. The molecule has 3 aromatic carbocycles. The summed E-state index contributed by atoms with van der Waals surface area (Å²) in [6.45, 7) is 3.85. The van der Waals surface area contributed by atoms with Crippen LogP contribution in [0.5, 0.6) is 0 Å². The normalized spacial score (nSPS) is 24.9. The van der Waals surface area contributed by atoms with Crippen LogP contribution >= 0.6 is 9.95 Å². The van der Waals surface area contributed by atoms with Gasteiger partial charge in [0.25, 0.3) is 0 Å². The van der Waals surface area contributed by atoms with Crippen molar-refractivity contribution >= 4 is 34.9 Å². The third-order valence-corrected chi connectivity index (χ3v) is 18.1. The second-order valence-corrected chi connectivity index (χ2v) is 18.3. The van der Waals surface area contributed by atoms with Gasteiger partial charge in [0.2, 0.25) is 0 Å². The van der Waals surface area contributed by atoms with E-state index in [9.17, 15) is 13.2 Å². The molecule has 144 valence electrons. The van der Waals surface area contributed by atoms with Crippen molar-refractivity contribution in [3.8, 4) is 0 Å². The average molecular weight is 465 g/mol. The van der Waals surface area contributed by atoms with Gasteiger partial charge in [0.05, 0.1) is 0 Å². The molecule has 0 amide bonds. The van der Waals surface area contributed by atoms with Crippen LogP contribution in [-0.2, 0) is 9.33 Å². The molecule has 0 aromatic heterocycles. The Bertz CT molecular complexity index is 1090. The maximum atomic E-state index is 14.7. The monoisotopic (exact) mass is 464 g/mol. The van der Waals surface area contributed by atoms with Crippen molar-refractivity contribution in [1.82, 2.24) is 0 Å². The molecule has 2 aliphatic rings. The Kier molecular flexibility index (Phi) is 3.42. The van der Waals surface area contributed by atoms with E-state index >= 15 is 0 Å². The molecule has 0 atom stereocenters. The van der Waals surface area contributed by atoms with Crippen molar-refractivity contribution < 1.29 is 16.9 Å². The molecule has 2 bridgehead atoms. The summed E-state index contributed by atoms with van der Waals surface area (Å²) in [5.41, 5.74) is -0.376. The first-order valence-corrected chi connectivity index (χ1v) is 15.0. The first-order chi connectivity index (χ1) is 13.1. The van der Waals surface area contributed by atoms with Crippen molar-refractivity contribution in [3.63, 3.8) is 0 Å². The van der Waals surface area contributed by atoms with Crippen LogP contribution in [-0.4, -0.2) is 18.0 Å². The quantitative estimate of drug-likeness (QED) is 0.493. The summed E-state index contributed by atoms with van der Waals surface area (Å²) in [5, 5.41) is 0. The van der Waals surface area contributed by atoms with E-state index in [4.69, 9.17) is 13.7 Å². The van der Waals surface area contributed by atoms with Crippen molar-refractivity contribution in [3.05, 3.63) is 89.0 Å². The Balaban J connectivity index is 2.02. The van der Waals surface area contributed by atoms with E-state index in [0.717, 1.165) is 11.1 Å². The molecule has 6 heteroatoms. The zero-order valence-electron chi connectivity index (χ0n) is 15.2. The van der Waals surface area contributed by atoms with Crippen molar-refractivity contribution in [2.45, 2.75) is 25.6 Å². The van der Waals surface area contributed by atoms with Gasteiger partial charge in [0.15, 0.2) is 0 Å². The van der Waals surface area contributed by atoms with E-state index in [1.165, 1.54) is 12.1 Å². The second kappa shape index (κ2) is 5.24. The summed E-state index contributed by atoms with van der Waals surface area (Å²) in [7, 11) is 7.54. The molecule has 5 rings (SSSR count). The Morgan fingerprint density at radius 1 is 0.821 bits per heavy atom. The zero-order valence-corrected chi connectivity index (χ0v) is 17.9. The fourth-order valence-electron chi connectivity index (χ4n) is 4.84. The van der Waals surface area contributed by atoms with E-state index < -0.39 is 23.6 Å². The second-order valence-electron chi connectivity index (χ2n) is 7.58. The fourth-order valence-corrected chi connectivity index (χ4v) is 17.5. The van der Waals surface area contributed by atoms with Crippen molar-refractivity contribution in [2.75, 3.05) is 0 Å². The van der Waals surface area contributed by atoms with Crippen LogP contribution < -0.4 is 13.1 Å². The fraction of sp³-hybridized carbons (Fsp3) is 0.182. The molecule has 0 saturated carbocycles. The van der Waals surface area contributed by atoms with Crippen LogP contribution in [0.15, 0.2) is 66.7 Å². The third kappa shape index (κ3) is 1.85. The predicted octanol–water partition coefficient (Wildman–Crippen LogP) is 4.11.